The molecule has 1 N–H and O–H groups in total. The molecule has 0 spiro atoms. The molecule has 5 heteroatoms. The summed E-state index contributed by atoms with van der Waals surface area (Å²) in [4.78, 5) is 28.0. The van der Waals surface area contributed by atoms with Gasteiger partial charge in [0.1, 0.15) is 0 Å². The largest absolute Gasteiger partial charge is 0.392 e. The fourth-order valence-electron chi connectivity index (χ4n) is 3.21. The third-order valence-corrected chi connectivity index (χ3v) is 4.74. The van der Waals surface area contributed by atoms with Crippen molar-refractivity contribution < 1.29 is 14.7 Å². The van der Waals surface area contributed by atoms with E-state index in [0.29, 0.717) is 30.1 Å². The number of hydrogen-bond acceptors (Lipinski definition) is 4. The standard InChI is InChI=1S/C17H22N2O3/c1-12-7-10-18(11-15(12)20)8-4-9-19-16(21)13-5-2-3-6-14(13)17(19)22/h2-3,5-6,12,15,20H,4,7-11H2,1H3. The average molecular weight is 302 g/mol. The predicted molar refractivity (Wildman–Crippen MR) is 82.7 cm³/mol. The molecule has 2 aliphatic rings. The van der Waals surface area contributed by atoms with Gasteiger partial charge < -0.3 is 10.0 Å². The number of nitrogens with zero attached hydrogens (tertiary/aromatic N) is 2. The molecule has 2 aliphatic heterocycles. The van der Waals surface area contributed by atoms with Gasteiger partial charge in [-0.1, -0.05) is 19.1 Å². The fourth-order valence-corrected chi connectivity index (χ4v) is 3.21. The highest BCUT2D eigenvalue weighted by Crippen LogP contribution is 2.23. The van der Waals surface area contributed by atoms with E-state index in [4.69, 9.17) is 0 Å². The molecule has 2 atom stereocenters. The Kier molecular flexibility index (Phi) is 4.27. The summed E-state index contributed by atoms with van der Waals surface area (Å²) in [6, 6.07) is 6.98. The summed E-state index contributed by atoms with van der Waals surface area (Å²) in [6.45, 7) is 4.97. The maximum atomic E-state index is 12.2. The Balaban J connectivity index is 1.53. The minimum absolute atomic E-state index is 0.187. The van der Waals surface area contributed by atoms with Crippen molar-refractivity contribution in [2.24, 2.45) is 5.92 Å². The maximum Gasteiger partial charge on any atom is 0.261 e. The normalized spacial score (nSPS) is 25.6. The lowest BCUT2D eigenvalue weighted by Gasteiger charge is -2.34. The van der Waals surface area contributed by atoms with Crippen molar-refractivity contribution in [2.45, 2.75) is 25.9 Å². The van der Waals surface area contributed by atoms with Gasteiger partial charge in [0.05, 0.1) is 17.2 Å². The molecule has 0 bridgehead atoms. The highest BCUT2D eigenvalue weighted by Gasteiger charge is 2.34. The molecule has 118 valence electrons. The summed E-state index contributed by atoms with van der Waals surface area (Å²) in [5, 5.41) is 9.90. The average Bonchev–Trinajstić information content (AvgIpc) is 2.76. The number of amides is 2. The number of fused-ring (bicyclic) bond motifs is 1. The van der Waals surface area contributed by atoms with Crippen LogP contribution in [0.15, 0.2) is 24.3 Å². The van der Waals surface area contributed by atoms with Crippen LogP contribution in [0, 0.1) is 5.92 Å². The number of carbonyl (C=O) groups is 2. The van der Waals surface area contributed by atoms with Gasteiger partial charge >= 0.3 is 0 Å². The number of carbonyl (C=O) groups excluding carboxylic acids is 2. The zero-order valence-electron chi connectivity index (χ0n) is 12.9. The first-order valence-corrected chi connectivity index (χ1v) is 7.93. The molecule has 0 aliphatic carbocycles. The van der Waals surface area contributed by atoms with Gasteiger partial charge in [-0.2, -0.15) is 0 Å². The van der Waals surface area contributed by atoms with E-state index in [1.165, 1.54) is 4.90 Å². The molecule has 1 aromatic carbocycles. The molecule has 0 radical (unpaired) electrons. The quantitative estimate of drug-likeness (QED) is 0.854. The fraction of sp³-hybridized carbons (Fsp3) is 0.529. The number of imide groups is 1. The second-order valence-corrected chi connectivity index (χ2v) is 6.29. The van der Waals surface area contributed by atoms with Gasteiger partial charge in [-0.15, -0.1) is 0 Å². The van der Waals surface area contributed by atoms with Crippen LogP contribution in [0.4, 0.5) is 0 Å². The monoisotopic (exact) mass is 302 g/mol. The summed E-state index contributed by atoms with van der Waals surface area (Å²) in [6.07, 6.45) is 1.47. The van der Waals surface area contributed by atoms with Gasteiger partial charge in [0, 0.05) is 13.1 Å². The summed E-state index contributed by atoms with van der Waals surface area (Å²) < 4.78 is 0. The topological polar surface area (TPSA) is 60.9 Å². The minimum Gasteiger partial charge on any atom is -0.392 e. The van der Waals surface area contributed by atoms with Crippen LogP contribution in [0.2, 0.25) is 0 Å². The number of aliphatic hydroxyl groups excluding tert-OH is 1. The SMILES string of the molecule is CC1CCN(CCCN2C(=O)c3ccccc3C2=O)CC1O. The van der Waals surface area contributed by atoms with Gasteiger partial charge in [-0.25, -0.2) is 0 Å². The van der Waals surface area contributed by atoms with Gasteiger partial charge in [-0.3, -0.25) is 14.5 Å². The van der Waals surface area contributed by atoms with Crippen LogP contribution in [0.1, 0.15) is 40.5 Å². The van der Waals surface area contributed by atoms with Crippen molar-refractivity contribution in [3.05, 3.63) is 35.4 Å². The van der Waals surface area contributed by atoms with Crippen LogP contribution < -0.4 is 0 Å². The molecule has 5 nitrogen and oxygen atoms in total. The predicted octanol–water partition coefficient (Wildman–Crippen LogP) is 1.38. The van der Waals surface area contributed by atoms with Crippen molar-refractivity contribution in [1.29, 1.82) is 0 Å². The molecule has 1 aromatic rings. The molecule has 0 aromatic heterocycles. The van der Waals surface area contributed by atoms with Crippen LogP contribution in [0.5, 0.6) is 0 Å². The van der Waals surface area contributed by atoms with Crippen molar-refractivity contribution in [2.75, 3.05) is 26.2 Å². The van der Waals surface area contributed by atoms with Crippen molar-refractivity contribution in [1.82, 2.24) is 9.80 Å². The number of β-amino-alcohol motifs (C(OH)–C–C–N with tert-alkyl or cyclic N) is 1. The number of likely N-dealkylation sites (tertiary alicyclic amines) is 1. The lowest BCUT2D eigenvalue weighted by atomic mass is 9.96. The van der Waals surface area contributed by atoms with E-state index in [-0.39, 0.29) is 17.9 Å². The van der Waals surface area contributed by atoms with Gasteiger partial charge in [0.15, 0.2) is 0 Å². The Morgan fingerprint density at radius 2 is 1.77 bits per heavy atom. The summed E-state index contributed by atoms with van der Waals surface area (Å²) in [5.41, 5.74) is 1.02. The van der Waals surface area contributed by atoms with E-state index in [2.05, 4.69) is 11.8 Å². The van der Waals surface area contributed by atoms with Crippen molar-refractivity contribution >= 4 is 11.8 Å². The molecule has 2 unspecified atom stereocenters. The lowest BCUT2D eigenvalue weighted by Crippen LogP contribution is -2.44. The lowest BCUT2D eigenvalue weighted by molar-refractivity contribution is 0.0275. The molecule has 2 amide bonds. The van der Waals surface area contributed by atoms with E-state index < -0.39 is 0 Å². The van der Waals surface area contributed by atoms with Gasteiger partial charge in [0.2, 0.25) is 0 Å². The van der Waals surface area contributed by atoms with Gasteiger partial charge in [-0.05, 0) is 44.0 Å². The smallest absolute Gasteiger partial charge is 0.261 e. The van der Waals surface area contributed by atoms with Crippen LogP contribution >= 0.6 is 0 Å². The molecular formula is C17H22N2O3. The second-order valence-electron chi connectivity index (χ2n) is 6.29. The Labute approximate surface area is 130 Å². The van der Waals surface area contributed by atoms with Crippen LogP contribution in [-0.2, 0) is 0 Å². The third kappa shape index (κ3) is 2.78. The minimum atomic E-state index is -0.270. The van der Waals surface area contributed by atoms with Crippen LogP contribution in [-0.4, -0.2) is 59.0 Å². The third-order valence-electron chi connectivity index (χ3n) is 4.74. The van der Waals surface area contributed by atoms with E-state index in [9.17, 15) is 14.7 Å². The Bertz CT molecular complexity index is 552. The molecule has 0 saturated carbocycles. The summed E-state index contributed by atoms with van der Waals surface area (Å²) >= 11 is 0. The van der Waals surface area contributed by atoms with Crippen LogP contribution in [0.3, 0.4) is 0 Å². The first-order chi connectivity index (χ1) is 10.6. The zero-order valence-corrected chi connectivity index (χ0v) is 12.9. The zero-order chi connectivity index (χ0) is 15.7. The Hall–Kier alpha value is -1.72. The molecule has 3 rings (SSSR count). The number of aliphatic hydroxyl groups is 1. The molecule has 1 fully saturated rings. The van der Waals surface area contributed by atoms with E-state index in [0.717, 1.165) is 25.9 Å². The van der Waals surface area contributed by atoms with Crippen LogP contribution in [0.25, 0.3) is 0 Å². The highest BCUT2D eigenvalue weighted by atomic mass is 16.3. The number of hydrogen-bond donors (Lipinski definition) is 1. The molecule has 1 saturated heterocycles. The molecular weight excluding hydrogens is 280 g/mol. The van der Waals surface area contributed by atoms with Crippen molar-refractivity contribution in [3.8, 4) is 0 Å². The number of piperidine rings is 1. The van der Waals surface area contributed by atoms with Crippen molar-refractivity contribution in [3.63, 3.8) is 0 Å². The number of rotatable bonds is 4. The second kappa shape index (κ2) is 6.18. The van der Waals surface area contributed by atoms with E-state index >= 15 is 0 Å². The maximum absolute atomic E-state index is 12.2. The van der Waals surface area contributed by atoms with E-state index in [1.54, 1.807) is 24.3 Å². The first-order valence-electron chi connectivity index (χ1n) is 7.93. The molecule has 22 heavy (non-hydrogen) atoms. The first kappa shape index (κ1) is 15.2. The summed E-state index contributed by atoms with van der Waals surface area (Å²) in [5.74, 6) is -0.0201. The molecule has 2 heterocycles. The summed E-state index contributed by atoms with van der Waals surface area (Å²) in [7, 11) is 0. The highest BCUT2D eigenvalue weighted by molar-refractivity contribution is 6.21. The van der Waals surface area contributed by atoms with Gasteiger partial charge in [0.25, 0.3) is 11.8 Å². The Morgan fingerprint density at radius 1 is 1.14 bits per heavy atom. The Morgan fingerprint density at radius 3 is 2.36 bits per heavy atom. The number of benzene rings is 1. The van der Waals surface area contributed by atoms with E-state index in [1.807, 2.05) is 0 Å².